The van der Waals surface area contributed by atoms with Crippen molar-refractivity contribution in [2.75, 3.05) is 26.2 Å². The summed E-state index contributed by atoms with van der Waals surface area (Å²) < 4.78 is 0. The molecule has 15 heavy (non-hydrogen) atoms. The standard InChI is InChI=1S/C13H28N2/c1-3-5-6-7-8-13-12-15(10-4-2)11-9-14-13/h13-14H,3-12H2,1-2H3. The van der Waals surface area contributed by atoms with Crippen LogP contribution in [0.3, 0.4) is 0 Å². The van der Waals surface area contributed by atoms with Crippen LogP contribution < -0.4 is 5.32 Å². The van der Waals surface area contributed by atoms with Crippen molar-refractivity contribution in [2.24, 2.45) is 0 Å². The van der Waals surface area contributed by atoms with Crippen molar-refractivity contribution in [3.05, 3.63) is 0 Å². The number of rotatable bonds is 7. The van der Waals surface area contributed by atoms with E-state index in [4.69, 9.17) is 0 Å². The number of unbranched alkanes of at least 4 members (excludes halogenated alkanes) is 3. The summed E-state index contributed by atoms with van der Waals surface area (Å²) in [7, 11) is 0. The maximum Gasteiger partial charge on any atom is 0.0195 e. The maximum atomic E-state index is 3.64. The first-order valence-electron chi connectivity index (χ1n) is 6.82. The van der Waals surface area contributed by atoms with E-state index in [0.29, 0.717) is 0 Å². The monoisotopic (exact) mass is 212 g/mol. The molecule has 1 aliphatic heterocycles. The van der Waals surface area contributed by atoms with Gasteiger partial charge in [-0.3, -0.25) is 0 Å². The Morgan fingerprint density at radius 3 is 2.73 bits per heavy atom. The smallest absolute Gasteiger partial charge is 0.0195 e. The fourth-order valence-electron chi connectivity index (χ4n) is 2.42. The highest BCUT2D eigenvalue weighted by atomic mass is 15.2. The largest absolute Gasteiger partial charge is 0.311 e. The fraction of sp³-hybridized carbons (Fsp3) is 1.00. The van der Waals surface area contributed by atoms with Gasteiger partial charge in [0.1, 0.15) is 0 Å². The Balaban J connectivity index is 2.07. The molecule has 0 bridgehead atoms. The molecular weight excluding hydrogens is 184 g/mol. The van der Waals surface area contributed by atoms with Gasteiger partial charge in [0.15, 0.2) is 0 Å². The van der Waals surface area contributed by atoms with Crippen molar-refractivity contribution in [3.63, 3.8) is 0 Å². The Morgan fingerprint density at radius 2 is 2.00 bits per heavy atom. The molecule has 1 rings (SSSR count). The highest BCUT2D eigenvalue weighted by Gasteiger charge is 2.17. The molecule has 1 fully saturated rings. The molecule has 1 saturated heterocycles. The van der Waals surface area contributed by atoms with E-state index in [-0.39, 0.29) is 0 Å². The highest BCUT2D eigenvalue weighted by Crippen LogP contribution is 2.09. The van der Waals surface area contributed by atoms with Gasteiger partial charge in [-0.1, -0.05) is 39.5 Å². The summed E-state index contributed by atoms with van der Waals surface area (Å²) in [4.78, 5) is 2.61. The molecule has 1 heterocycles. The van der Waals surface area contributed by atoms with Crippen molar-refractivity contribution >= 4 is 0 Å². The molecule has 1 unspecified atom stereocenters. The molecule has 0 amide bonds. The second kappa shape index (κ2) is 8.12. The van der Waals surface area contributed by atoms with Crippen LogP contribution in [0.5, 0.6) is 0 Å². The lowest BCUT2D eigenvalue weighted by Crippen LogP contribution is -2.50. The lowest BCUT2D eigenvalue weighted by molar-refractivity contribution is 0.193. The summed E-state index contributed by atoms with van der Waals surface area (Å²) in [5.74, 6) is 0. The Morgan fingerprint density at radius 1 is 1.13 bits per heavy atom. The summed E-state index contributed by atoms with van der Waals surface area (Å²) in [5.41, 5.74) is 0. The van der Waals surface area contributed by atoms with Crippen LogP contribution in [0.25, 0.3) is 0 Å². The average molecular weight is 212 g/mol. The van der Waals surface area contributed by atoms with Crippen LogP contribution in [0.15, 0.2) is 0 Å². The highest BCUT2D eigenvalue weighted by molar-refractivity contribution is 4.78. The van der Waals surface area contributed by atoms with E-state index in [1.807, 2.05) is 0 Å². The van der Waals surface area contributed by atoms with Crippen LogP contribution in [0.2, 0.25) is 0 Å². The number of nitrogens with one attached hydrogen (secondary N) is 1. The van der Waals surface area contributed by atoms with E-state index in [0.717, 1.165) is 6.04 Å². The second-order valence-electron chi connectivity index (χ2n) is 4.80. The van der Waals surface area contributed by atoms with E-state index in [1.54, 1.807) is 0 Å². The Kier molecular flexibility index (Phi) is 7.03. The summed E-state index contributed by atoms with van der Waals surface area (Å²) >= 11 is 0. The Bertz CT molecular complexity index is 145. The van der Waals surface area contributed by atoms with E-state index in [1.165, 1.54) is 64.7 Å². The lowest BCUT2D eigenvalue weighted by atomic mass is 10.1. The van der Waals surface area contributed by atoms with Crippen molar-refractivity contribution in [2.45, 2.75) is 58.4 Å². The lowest BCUT2D eigenvalue weighted by Gasteiger charge is -2.33. The first-order chi connectivity index (χ1) is 7.36. The van der Waals surface area contributed by atoms with Crippen LogP contribution in [-0.4, -0.2) is 37.1 Å². The van der Waals surface area contributed by atoms with Crippen LogP contribution in [0.1, 0.15) is 52.4 Å². The first kappa shape index (κ1) is 13.0. The molecule has 1 atom stereocenters. The average Bonchev–Trinajstić information content (AvgIpc) is 2.26. The van der Waals surface area contributed by atoms with E-state index in [9.17, 15) is 0 Å². The van der Waals surface area contributed by atoms with Crippen molar-refractivity contribution in [1.29, 1.82) is 0 Å². The third-order valence-electron chi connectivity index (χ3n) is 3.29. The fourth-order valence-corrected chi connectivity index (χ4v) is 2.42. The van der Waals surface area contributed by atoms with Gasteiger partial charge in [-0.05, 0) is 19.4 Å². The van der Waals surface area contributed by atoms with Crippen molar-refractivity contribution in [3.8, 4) is 0 Å². The zero-order valence-corrected chi connectivity index (χ0v) is 10.6. The van der Waals surface area contributed by atoms with Gasteiger partial charge in [0.05, 0.1) is 0 Å². The van der Waals surface area contributed by atoms with Gasteiger partial charge in [0.25, 0.3) is 0 Å². The predicted octanol–water partition coefficient (Wildman–Crippen LogP) is 2.64. The minimum Gasteiger partial charge on any atom is -0.311 e. The molecule has 0 aromatic heterocycles. The first-order valence-corrected chi connectivity index (χ1v) is 6.82. The van der Waals surface area contributed by atoms with Gasteiger partial charge in [-0.2, -0.15) is 0 Å². The van der Waals surface area contributed by atoms with Crippen molar-refractivity contribution in [1.82, 2.24) is 10.2 Å². The summed E-state index contributed by atoms with van der Waals surface area (Å²) in [6.45, 7) is 9.56. The van der Waals surface area contributed by atoms with Gasteiger partial charge in [0.2, 0.25) is 0 Å². The molecule has 90 valence electrons. The molecule has 0 radical (unpaired) electrons. The number of hydrogen-bond acceptors (Lipinski definition) is 2. The SMILES string of the molecule is CCCCCCC1CN(CCC)CCN1. The Hall–Kier alpha value is -0.0800. The number of piperazine rings is 1. The zero-order valence-electron chi connectivity index (χ0n) is 10.6. The van der Waals surface area contributed by atoms with E-state index in [2.05, 4.69) is 24.1 Å². The molecule has 2 nitrogen and oxygen atoms in total. The van der Waals surface area contributed by atoms with Crippen molar-refractivity contribution < 1.29 is 0 Å². The predicted molar refractivity (Wildman–Crippen MR) is 67.3 cm³/mol. The number of hydrogen-bond donors (Lipinski definition) is 1. The minimum atomic E-state index is 0.766. The molecule has 0 aromatic rings. The second-order valence-corrected chi connectivity index (χ2v) is 4.80. The van der Waals surface area contributed by atoms with Gasteiger partial charge in [-0.15, -0.1) is 0 Å². The van der Waals surface area contributed by atoms with E-state index >= 15 is 0 Å². The molecule has 0 aliphatic carbocycles. The Labute approximate surface area is 95.4 Å². The third-order valence-corrected chi connectivity index (χ3v) is 3.29. The van der Waals surface area contributed by atoms with Gasteiger partial charge < -0.3 is 10.2 Å². The molecule has 1 aliphatic rings. The molecule has 0 saturated carbocycles. The molecule has 0 aromatic carbocycles. The van der Waals surface area contributed by atoms with Gasteiger partial charge in [-0.25, -0.2) is 0 Å². The van der Waals surface area contributed by atoms with Crippen LogP contribution in [-0.2, 0) is 0 Å². The molecular formula is C13H28N2. The molecule has 1 N–H and O–H groups in total. The van der Waals surface area contributed by atoms with Crippen LogP contribution >= 0.6 is 0 Å². The quantitative estimate of drug-likeness (QED) is 0.653. The van der Waals surface area contributed by atoms with Gasteiger partial charge >= 0.3 is 0 Å². The molecule has 0 spiro atoms. The summed E-state index contributed by atoms with van der Waals surface area (Å²) in [6, 6.07) is 0.766. The minimum absolute atomic E-state index is 0.766. The zero-order chi connectivity index (χ0) is 10.9. The maximum absolute atomic E-state index is 3.64. The topological polar surface area (TPSA) is 15.3 Å². The third kappa shape index (κ3) is 5.53. The van der Waals surface area contributed by atoms with Crippen LogP contribution in [0.4, 0.5) is 0 Å². The molecule has 2 heteroatoms. The normalized spacial score (nSPS) is 23.2. The summed E-state index contributed by atoms with van der Waals surface area (Å²) in [6.07, 6.45) is 8.25. The van der Waals surface area contributed by atoms with Crippen LogP contribution in [0, 0.1) is 0 Å². The summed E-state index contributed by atoms with van der Waals surface area (Å²) in [5, 5.41) is 3.64. The van der Waals surface area contributed by atoms with E-state index < -0.39 is 0 Å². The number of nitrogens with zero attached hydrogens (tertiary/aromatic N) is 1. The van der Waals surface area contributed by atoms with Gasteiger partial charge in [0, 0.05) is 25.7 Å².